The number of rotatable bonds is 10. The van der Waals surface area contributed by atoms with Gasteiger partial charge in [-0.2, -0.15) is 8.75 Å². The van der Waals surface area contributed by atoms with Crippen molar-refractivity contribution in [2.75, 3.05) is 24.0 Å². The summed E-state index contributed by atoms with van der Waals surface area (Å²) in [5, 5.41) is 2.73. The number of fused-ring (bicyclic) bond motifs is 1. The van der Waals surface area contributed by atoms with E-state index in [0.29, 0.717) is 40.9 Å². The molecule has 0 bridgehead atoms. The van der Waals surface area contributed by atoms with Gasteiger partial charge in [-0.1, -0.05) is 59.2 Å². The molecular formula is C22H20N8O4S6. The summed E-state index contributed by atoms with van der Waals surface area (Å²) in [6.07, 6.45) is 3.74. The van der Waals surface area contributed by atoms with Crippen LogP contribution in [0.4, 0.5) is 0 Å². The van der Waals surface area contributed by atoms with Gasteiger partial charge in [-0.15, -0.1) is 0 Å². The zero-order chi connectivity index (χ0) is 28.5. The Balaban J connectivity index is 1.24. The highest BCUT2D eigenvalue weighted by molar-refractivity contribution is 8.02. The maximum absolute atomic E-state index is 12.5. The number of thioether (sulfide) groups is 4. The second kappa shape index (κ2) is 14.6. The molecule has 0 aliphatic rings. The van der Waals surface area contributed by atoms with Crippen molar-refractivity contribution >= 4 is 105 Å². The van der Waals surface area contributed by atoms with Crippen molar-refractivity contribution in [2.45, 2.75) is 19.0 Å². The van der Waals surface area contributed by atoms with E-state index in [2.05, 4.69) is 40.4 Å². The number of aromatic nitrogens is 4. The van der Waals surface area contributed by atoms with Crippen LogP contribution in [0.2, 0.25) is 0 Å². The number of amides is 4. The number of carbonyl (C=O) groups is 4. The van der Waals surface area contributed by atoms with Gasteiger partial charge in [0.15, 0.2) is 8.68 Å². The Hall–Kier alpha value is -2.90. The van der Waals surface area contributed by atoms with Crippen LogP contribution < -0.4 is 21.7 Å². The van der Waals surface area contributed by atoms with E-state index in [0.717, 1.165) is 0 Å². The number of hydrogen-bond acceptors (Lipinski definition) is 14. The first-order chi connectivity index (χ1) is 19.3. The Morgan fingerprint density at radius 3 is 1.48 bits per heavy atom. The highest BCUT2D eigenvalue weighted by Crippen LogP contribution is 2.24. The molecule has 2 aromatic carbocycles. The summed E-state index contributed by atoms with van der Waals surface area (Å²) in [4.78, 5) is 57.7. The fourth-order valence-corrected chi connectivity index (χ4v) is 6.95. The Morgan fingerprint density at radius 1 is 0.675 bits per heavy atom. The summed E-state index contributed by atoms with van der Waals surface area (Å²) in [6, 6.07) is 9.84. The summed E-state index contributed by atoms with van der Waals surface area (Å²) in [7, 11) is 0. The molecule has 0 radical (unpaired) electrons. The number of hydrazine groups is 2. The third-order valence-electron chi connectivity index (χ3n) is 4.79. The van der Waals surface area contributed by atoms with Gasteiger partial charge in [-0.3, -0.25) is 40.9 Å². The number of carbonyl (C=O) groups excluding carboxylic acids is 4. The lowest BCUT2D eigenvalue weighted by atomic mass is 10.0. The van der Waals surface area contributed by atoms with E-state index in [-0.39, 0.29) is 23.3 Å². The Bertz CT molecular complexity index is 1430. The van der Waals surface area contributed by atoms with Crippen molar-refractivity contribution in [3.05, 3.63) is 47.5 Å². The van der Waals surface area contributed by atoms with Crippen LogP contribution in [0.25, 0.3) is 10.8 Å². The quantitative estimate of drug-likeness (QED) is 0.146. The third kappa shape index (κ3) is 8.55. The molecule has 0 saturated carbocycles. The van der Waals surface area contributed by atoms with E-state index in [4.69, 9.17) is 0 Å². The van der Waals surface area contributed by atoms with E-state index in [1.807, 2.05) is 12.5 Å². The molecule has 0 fully saturated rings. The zero-order valence-electron chi connectivity index (χ0n) is 20.7. The second-order valence-corrected chi connectivity index (χ2v) is 12.9. The zero-order valence-corrected chi connectivity index (χ0v) is 25.6. The lowest BCUT2D eigenvalue weighted by Crippen LogP contribution is -2.42. The lowest BCUT2D eigenvalue weighted by Gasteiger charge is -2.09. The highest BCUT2D eigenvalue weighted by Gasteiger charge is 2.13. The number of nitrogens with zero attached hydrogens (tertiary/aromatic N) is 4. The molecule has 0 unspecified atom stereocenters. The van der Waals surface area contributed by atoms with E-state index in [1.54, 1.807) is 36.4 Å². The van der Waals surface area contributed by atoms with Crippen LogP contribution in [0, 0.1) is 0 Å². The Labute approximate surface area is 253 Å². The van der Waals surface area contributed by atoms with Crippen LogP contribution in [0.5, 0.6) is 0 Å². The smallest absolute Gasteiger partial charge is 0.269 e. The molecule has 0 aliphatic heterocycles. The minimum Gasteiger partial charge on any atom is -0.272 e. The van der Waals surface area contributed by atoms with E-state index in [1.165, 1.54) is 70.1 Å². The van der Waals surface area contributed by atoms with Crippen molar-refractivity contribution < 1.29 is 19.2 Å². The monoisotopic (exact) mass is 652 g/mol. The predicted octanol–water partition coefficient (Wildman–Crippen LogP) is 3.09. The summed E-state index contributed by atoms with van der Waals surface area (Å²) in [6.45, 7) is 0. The first-order valence-corrected chi connectivity index (χ1v) is 17.0. The van der Waals surface area contributed by atoms with Crippen LogP contribution in [0.15, 0.2) is 55.4 Å². The molecule has 18 heteroatoms. The van der Waals surface area contributed by atoms with Crippen molar-refractivity contribution in [1.29, 1.82) is 0 Å². The van der Waals surface area contributed by atoms with Gasteiger partial charge in [-0.25, -0.2) is 9.97 Å². The first kappa shape index (κ1) is 30.1. The molecule has 0 saturated heterocycles. The predicted molar refractivity (Wildman–Crippen MR) is 160 cm³/mol. The first-order valence-electron chi connectivity index (χ1n) is 11.1. The number of hydrogen-bond donors (Lipinski definition) is 4. The summed E-state index contributed by atoms with van der Waals surface area (Å²) >= 11 is 7.73. The fourth-order valence-electron chi connectivity index (χ4n) is 2.93. The van der Waals surface area contributed by atoms with Gasteiger partial charge in [0, 0.05) is 11.1 Å². The van der Waals surface area contributed by atoms with Gasteiger partial charge in [0.05, 0.1) is 11.5 Å². The molecule has 4 aromatic rings. The van der Waals surface area contributed by atoms with Gasteiger partial charge in [-0.05, 0) is 70.6 Å². The summed E-state index contributed by atoms with van der Waals surface area (Å²) in [5.41, 5.74) is 10.2. The van der Waals surface area contributed by atoms with Crippen molar-refractivity contribution in [1.82, 2.24) is 40.4 Å². The molecular weight excluding hydrogens is 633 g/mol. The maximum atomic E-state index is 12.5. The molecule has 12 nitrogen and oxygen atoms in total. The molecule has 2 heterocycles. The lowest BCUT2D eigenvalue weighted by molar-refractivity contribution is -0.120. The van der Waals surface area contributed by atoms with Crippen LogP contribution in [-0.2, 0) is 9.59 Å². The average Bonchev–Trinajstić information content (AvgIpc) is 3.65. The van der Waals surface area contributed by atoms with Gasteiger partial charge < -0.3 is 0 Å². The Kier molecular flexibility index (Phi) is 11.0. The molecule has 4 N–H and O–H groups in total. The largest absolute Gasteiger partial charge is 0.272 e. The minimum absolute atomic E-state index is 0.0769. The molecule has 40 heavy (non-hydrogen) atoms. The van der Waals surface area contributed by atoms with Crippen molar-refractivity contribution in [3.8, 4) is 0 Å². The average molecular weight is 653 g/mol. The van der Waals surface area contributed by atoms with Gasteiger partial charge in [0.1, 0.15) is 0 Å². The van der Waals surface area contributed by atoms with Crippen LogP contribution >= 0.6 is 70.1 Å². The SMILES string of the molecule is CSc1nsc(SCC(=O)NNC(=O)c2ccc3cc(C(=O)NNC(=O)CSc4nc(SC)ns4)ccc3c2)n1. The normalized spacial score (nSPS) is 10.8. The summed E-state index contributed by atoms with van der Waals surface area (Å²) in [5.74, 6) is -1.58. The number of nitrogens with one attached hydrogen (secondary N) is 4. The molecule has 4 rings (SSSR count). The Morgan fingerprint density at radius 2 is 1.10 bits per heavy atom. The minimum atomic E-state index is -0.485. The highest BCUT2D eigenvalue weighted by atomic mass is 32.2. The van der Waals surface area contributed by atoms with E-state index < -0.39 is 11.8 Å². The molecule has 0 atom stereocenters. The van der Waals surface area contributed by atoms with Gasteiger partial charge in [0.25, 0.3) is 11.8 Å². The third-order valence-corrected chi connectivity index (χ3v) is 9.79. The molecule has 4 amide bonds. The second-order valence-electron chi connectivity index (χ2n) is 7.45. The fraction of sp³-hybridized carbons (Fsp3) is 0.182. The standard InChI is InChI=1S/C22H20N8O4S6/c1-35-19-23-21(39-29-19)37-9-15(31)25-27-17(33)13-5-3-12-8-14(6-4-11(12)7-13)18(34)28-26-16(32)10-38-22-24-20(36-2)30-40-22/h3-8H,9-10H2,1-2H3,(H,25,31)(H,26,32)(H,27,33)(H,28,34). The number of benzene rings is 2. The molecule has 2 aromatic heterocycles. The molecule has 0 aliphatic carbocycles. The maximum Gasteiger partial charge on any atom is 0.269 e. The van der Waals surface area contributed by atoms with E-state index >= 15 is 0 Å². The summed E-state index contributed by atoms with van der Waals surface area (Å²) < 4.78 is 9.60. The molecule has 0 spiro atoms. The van der Waals surface area contributed by atoms with Crippen molar-refractivity contribution in [2.24, 2.45) is 0 Å². The van der Waals surface area contributed by atoms with Crippen LogP contribution in [0.1, 0.15) is 20.7 Å². The van der Waals surface area contributed by atoms with Crippen LogP contribution in [0.3, 0.4) is 0 Å². The van der Waals surface area contributed by atoms with Gasteiger partial charge in [0.2, 0.25) is 22.1 Å². The van der Waals surface area contributed by atoms with Crippen molar-refractivity contribution in [3.63, 3.8) is 0 Å². The topological polar surface area (TPSA) is 168 Å². The van der Waals surface area contributed by atoms with Crippen LogP contribution in [-0.4, -0.2) is 66.4 Å². The van der Waals surface area contributed by atoms with E-state index in [9.17, 15) is 19.2 Å². The van der Waals surface area contributed by atoms with Gasteiger partial charge >= 0.3 is 0 Å². The molecule has 208 valence electrons.